The van der Waals surface area contributed by atoms with E-state index < -0.39 is 16.1 Å². The summed E-state index contributed by atoms with van der Waals surface area (Å²) >= 11 is 1.46. The second-order valence-electron chi connectivity index (χ2n) is 8.01. The normalized spacial score (nSPS) is 17.1. The molecule has 1 unspecified atom stereocenters. The number of carbonyl (C=O) groups is 1. The molecule has 0 saturated heterocycles. The van der Waals surface area contributed by atoms with Crippen LogP contribution in [0.2, 0.25) is 0 Å². The molecule has 2 N–H and O–H groups in total. The quantitative estimate of drug-likeness (QED) is 0.710. The Morgan fingerprint density at radius 3 is 2.64 bits per heavy atom. The van der Waals surface area contributed by atoms with Gasteiger partial charge in [0.05, 0.1) is 20.1 Å². The Morgan fingerprint density at radius 2 is 1.96 bits per heavy atom. The summed E-state index contributed by atoms with van der Waals surface area (Å²) < 4.78 is 29.4. The molecule has 1 aromatic carbocycles. The lowest BCUT2D eigenvalue weighted by Crippen LogP contribution is -2.50. The van der Waals surface area contributed by atoms with E-state index in [0.29, 0.717) is 6.42 Å². The van der Waals surface area contributed by atoms with Gasteiger partial charge in [-0.15, -0.1) is 11.3 Å². The third kappa shape index (κ3) is 5.30. The van der Waals surface area contributed by atoms with E-state index in [9.17, 15) is 13.2 Å². The SMILES string of the molecule is Cc1nc2ccc(S(=O)(=O)NC(CC(C)C)C(=O)NC3CCCCC3)cc2s1. The smallest absolute Gasteiger partial charge is 0.241 e. The first-order valence-corrected chi connectivity index (χ1v) is 12.2. The number of hydrogen-bond acceptors (Lipinski definition) is 5. The first kappa shape index (κ1) is 21.2. The molecule has 0 radical (unpaired) electrons. The maximum absolute atomic E-state index is 13.0. The molecule has 1 amide bonds. The van der Waals surface area contributed by atoms with Gasteiger partial charge in [0.1, 0.15) is 6.04 Å². The molecule has 1 aliphatic rings. The summed E-state index contributed by atoms with van der Waals surface area (Å²) in [7, 11) is -3.81. The van der Waals surface area contributed by atoms with Crippen LogP contribution in [0.4, 0.5) is 0 Å². The molecule has 1 saturated carbocycles. The molecule has 1 aliphatic carbocycles. The van der Waals surface area contributed by atoms with Crippen LogP contribution in [-0.2, 0) is 14.8 Å². The number of rotatable bonds is 7. The number of aromatic nitrogens is 1. The fraction of sp³-hybridized carbons (Fsp3) is 0.600. The molecule has 154 valence electrons. The average molecular weight is 424 g/mol. The summed E-state index contributed by atoms with van der Waals surface area (Å²) in [5.74, 6) is -0.0321. The van der Waals surface area contributed by atoms with Gasteiger partial charge in [0, 0.05) is 6.04 Å². The van der Waals surface area contributed by atoms with Gasteiger partial charge in [-0.3, -0.25) is 4.79 Å². The molecule has 0 bridgehead atoms. The predicted molar refractivity (Wildman–Crippen MR) is 113 cm³/mol. The van der Waals surface area contributed by atoms with E-state index in [-0.39, 0.29) is 22.8 Å². The number of benzene rings is 1. The van der Waals surface area contributed by atoms with E-state index in [1.807, 2.05) is 20.8 Å². The second-order valence-corrected chi connectivity index (χ2v) is 11.0. The van der Waals surface area contributed by atoms with Crippen molar-refractivity contribution in [2.45, 2.75) is 76.3 Å². The Labute approximate surface area is 171 Å². The van der Waals surface area contributed by atoms with Crippen molar-refractivity contribution in [2.24, 2.45) is 5.92 Å². The Balaban J connectivity index is 1.78. The van der Waals surface area contributed by atoms with Crippen LogP contribution in [0.5, 0.6) is 0 Å². The summed E-state index contributed by atoms with van der Waals surface area (Å²) in [4.78, 5) is 17.4. The van der Waals surface area contributed by atoms with Gasteiger partial charge >= 0.3 is 0 Å². The number of nitrogens with zero attached hydrogens (tertiary/aromatic N) is 1. The molecule has 1 atom stereocenters. The van der Waals surface area contributed by atoms with Crippen molar-refractivity contribution in [3.63, 3.8) is 0 Å². The van der Waals surface area contributed by atoms with Crippen LogP contribution in [0.25, 0.3) is 10.2 Å². The van der Waals surface area contributed by atoms with Gasteiger partial charge < -0.3 is 5.32 Å². The molecular formula is C20H29N3O3S2. The van der Waals surface area contributed by atoms with Gasteiger partial charge in [-0.1, -0.05) is 33.1 Å². The van der Waals surface area contributed by atoms with Crippen LogP contribution in [0.15, 0.2) is 23.1 Å². The minimum Gasteiger partial charge on any atom is -0.352 e. The topological polar surface area (TPSA) is 88.2 Å². The van der Waals surface area contributed by atoms with Gasteiger partial charge in [0.25, 0.3) is 0 Å². The lowest BCUT2D eigenvalue weighted by molar-refractivity contribution is -0.124. The summed E-state index contributed by atoms with van der Waals surface area (Å²) in [6.07, 6.45) is 5.82. The van der Waals surface area contributed by atoms with Crippen molar-refractivity contribution >= 4 is 37.5 Å². The van der Waals surface area contributed by atoms with Gasteiger partial charge in [-0.05, 0) is 50.3 Å². The van der Waals surface area contributed by atoms with Crippen LogP contribution >= 0.6 is 11.3 Å². The zero-order valence-corrected chi connectivity index (χ0v) is 18.3. The Bertz CT molecular complexity index is 931. The van der Waals surface area contributed by atoms with Crippen molar-refractivity contribution in [1.82, 2.24) is 15.0 Å². The zero-order chi connectivity index (χ0) is 20.3. The Morgan fingerprint density at radius 1 is 1.25 bits per heavy atom. The molecular weight excluding hydrogens is 394 g/mol. The molecule has 3 rings (SSSR count). The van der Waals surface area contributed by atoms with Crippen LogP contribution < -0.4 is 10.0 Å². The Kier molecular flexibility index (Phi) is 6.73. The second kappa shape index (κ2) is 8.88. The van der Waals surface area contributed by atoms with E-state index in [0.717, 1.165) is 40.9 Å². The van der Waals surface area contributed by atoms with E-state index in [1.165, 1.54) is 17.8 Å². The minimum atomic E-state index is -3.81. The van der Waals surface area contributed by atoms with Gasteiger partial charge in [0.15, 0.2) is 0 Å². The van der Waals surface area contributed by atoms with Crippen LogP contribution in [0.1, 0.15) is 57.4 Å². The molecule has 1 heterocycles. The first-order valence-electron chi connectivity index (χ1n) is 9.94. The van der Waals surface area contributed by atoms with E-state index >= 15 is 0 Å². The summed E-state index contributed by atoms with van der Waals surface area (Å²) in [5.41, 5.74) is 0.787. The number of thiazole rings is 1. The van der Waals surface area contributed by atoms with Crippen molar-refractivity contribution in [3.8, 4) is 0 Å². The van der Waals surface area contributed by atoms with Crippen LogP contribution in [0.3, 0.4) is 0 Å². The molecule has 2 aromatic rings. The molecule has 0 spiro atoms. The number of carbonyl (C=O) groups excluding carboxylic acids is 1. The number of amides is 1. The number of aryl methyl sites for hydroxylation is 1. The number of fused-ring (bicyclic) bond motifs is 1. The highest BCUT2D eigenvalue weighted by atomic mass is 32.2. The molecule has 8 heteroatoms. The highest BCUT2D eigenvalue weighted by molar-refractivity contribution is 7.89. The van der Waals surface area contributed by atoms with Gasteiger partial charge in [-0.2, -0.15) is 4.72 Å². The standard InChI is InChI=1S/C20H29N3O3S2/c1-13(2)11-18(20(24)22-15-7-5-4-6-8-15)23-28(25,26)16-9-10-17-19(12-16)27-14(3)21-17/h9-10,12-13,15,18,23H,4-8,11H2,1-3H3,(H,22,24). The summed E-state index contributed by atoms with van der Waals surface area (Å²) in [6, 6.07) is 4.28. The van der Waals surface area contributed by atoms with Crippen LogP contribution in [0, 0.1) is 12.8 Å². The Hall–Kier alpha value is -1.51. The first-order chi connectivity index (χ1) is 13.2. The summed E-state index contributed by atoms with van der Waals surface area (Å²) in [5, 5.41) is 3.95. The monoisotopic (exact) mass is 423 g/mol. The van der Waals surface area contributed by atoms with Gasteiger partial charge in [-0.25, -0.2) is 13.4 Å². The number of nitrogens with one attached hydrogen (secondary N) is 2. The van der Waals surface area contributed by atoms with Gasteiger partial charge in [0.2, 0.25) is 15.9 Å². The van der Waals surface area contributed by atoms with Crippen molar-refractivity contribution < 1.29 is 13.2 Å². The molecule has 28 heavy (non-hydrogen) atoms. The average Bonchev–Trinajstić information content (AvgIpc) is 3.00. The highest BCUT2D eigenvalue weighted by Gasteiger charge is 2.28. The van der Waals surface area contributed by atoms with E-state index in [2.05, 4.69) is 15.0 Å². The molecule has 1 aromatic heterocycles. The van der Waals surface area contributed by atoms with Crippen molar-refractivity contribution in [1.29, 1.82) is 0 Å². The fourth-order valence-electron chi connectivity index (χ4n) is 3.67. The van der Waals surface area contributed by atoms with E-state index in [4.69, 9.17) is 0 Å². The molecule has 6 nitrogen and oxygen atoms in total. The zero-order valence-electron chi connectivity index (χ0n) is 16.7. The minimum absolute atomic E-state index is 0.150. The number of sulfonamides is 1. The van der Waals surface area contributed by atoms with Crippen molar-refractivity contribution in [2.75, 3.05) is 0 Å². The largest absolute Gasteiger partial charge is 0.352 e. The van der Waals surface area contributed by atoms with Crippen LogP contribution in [-0.4, -0.2) is 31.4 Å². The predicted octanol–water partition coefficient (Wildman–Crippen LogP) is 3.75. The maximum atomic E-state index is 13.0. The molecule has 1 fully saturated rings. The lowest BCUT2D eigenvalue weighted by Gasteiger charge is -2.26. The molecule has 0 aliphatic heterocycles. The lowest BCUT2D eigenvalue weighted by atomic mass is 9.95. The third-order valence-electron chi connectivity index (χ3n) is 5.05. The van der Waals surface area contributed by atoms with E-state index in [1.54, 1.807) is 18.2 Å². The third-order valence-corrected chi connectivity index (χ3v) is 7.45. The maximum Gasteiger partial charge on any atom is 0.241 e. The van der Waals surface area contributed by atoms with Crippen molar-refractivity contribution in [3.05, 3.63) is 23.2 Å². The summed E-state index contributed by atoms with van der Waals surface area (Å²) in [6.45, 7) is 5.87. The highest BCUT2D eigenvalue weighted by Crippen LogP contribution is 2.25. The fourth-order valence-corrected chi connectivity index (χ4v) is 5.85. The number of hydrogen-bond donors (Lipinski definition) is 2.